The summed E-state index contributed by atoms with van der Waals surface area (Å²) in [4.78, 5) is 15.7. The fraction of sp³-hybridized carbons (Fsp3) is 0.538. The maximum atomic E-state index is 11.6. The highest BCUT2D eigenvalue weighted by Crippen LogP contribution is 2.33. The number of hydrogen-bond acceptors (Lipinski definition) is 5. The Morgan fingerprint density at radius 1 is 1.56 bits per heavy atom. The molecule has 5 nitrogen and oxygen atoms in total. The van der Waals surface area contributed by atoms with Gasteiger partial charge < -0.3 is 14.8 Å². The van der Waals surface area contributed by atoms with E-state index in [1.807, 2.05) is 12.1 Å². The zero-order chi connectivity index (χ0) is 13.0. The van der Waals surface area contributed by atoms with Crippen molar-refractivity contribution in [3.63, 3.8) is 0 Å². The molecule has 0 spiro atoms. The highest BCUT2D eigenvalue weighted by Gasteiger charge is 2.36. The minimum Gasteiger partial charge on any atom is -0.481 e. The topological polar surface area (TPSA) is 60.5 Å². The van der Waals surface area contributed by atoms with Crippen LogP contribution in [0.2, 0.25) is 0 Å². The number of ether oxygens (including phenoxy) is 2. The van der Waals surface area contributed by atoms with Crippen LogP contribution in [0.5, 0.6) is 5.88 Å². The van der Waals surface area contributed by atoms with Gasteiger partial charge in [-0.2, -0.15) is 0 Å². The molecule has 1 fully saturated rings. The van der Waals surface area contributed by atoms with Crippen molar-refractivity contribution in [2.75, 3.05) is 14.2 Å². The normalized spacial score (nSPS) is 16.1. The van der Waals surface area contributed by atoms with Crippen molar-refractivity contribution >= 4 is 5.97 Å². The average Bonchev–Trinajstić information content (AvgIpc) is 3.23. The van der Waals surface area contributed by atoms with E-state index in [-0.39, 0.29) is 12.0 Å². The van der Waals surface area contributed by atoms with E-state index < -0.39 is 0 Å². The summed E-state index contributed by atoms with van der Waals surface area (Å²) in [6.45, 7) is 0.606. The van der Waals surface area contributed by atoms with Crippen LogP contribution in [0.15, 0.2) is 18.3 Å². The molecule has 1 aliphatic carbocycles. The molecule has 0 saturated heterocycles. The molecule has 0 amide bonds. The second kappa shape index (κ2) is 5.82. The number of hydrogen-bond donors (Lipinski definition) is 1. The van der Waals surface area contributed by atoms with Crippen LogP contribution in [0.4, 0.5) is 0 Å². The van der Waals surface area contributed by atoms with Crippen LogP contribution in [-0.2, 0) is 16.1 Å². The van der Waals surface area contributed by atoms with Crippen molar-refractivity contribution in [2.45, 2.75) is 25.4 Å². The van der Waals surface area contributed by atoms with Crippen molar-refractivity contribution in [3.05, 3.63) is 23.9 Å². The van der Waals surface area contributed by atoms with Gasteiger partial charge >= 0.3 is 5.97 Å². The number of methoxy groups -OCH3 is 2. The molecule has 1 N–H and O–H groups in total. The number of carbonyl (C=O) groups is 1. The van der Waals surface area contributed by atoms with Crippen molar-refractivity contribution in [1.82, 2.24) is 10.3 Å². The number of rotatable bonds is 6. The SMILES string of the molecule is COC(=O)C(NCc1ccnc(OC)c1)C1CC1. The van der Waals surface area contributed by atoms with Gasteiger partial charge in [-0.15, -0.1) is 0 Å². The van der Waals surface area contributed by atoms with Crippen LogP contribution in [0, 0.1) is 5.92 Å². The number of carbonyl (C=O) groups excluding carboxylic acids is 1. The zero-order valence-electron chi connectivity index (χ0n) is 10.7. The second-order valence-corrected chi connectivity index (χ2v) is 4.43. The van der Waals surface area contributed by atoms with Gasteiger partial charge in [0.2, 0.25) is 5.88 Å². The molecule has 0 radical (unpaired) electrons. The van der Waals surface area contributed by atoms with Gasteiger partial charge in [0, 0.05) is 18.8 Å². The van der Waals surface area contributed by atoms with Gasteiger partial charge in [0.05, 0.1) is 14.2 Å². The van der Waals surface area contributed by atoms with E-state index in [2.05, 4.69) is 10.3 Å². The Hall–Kier alpha value is -1.62. The Morgan fingerprint density at radius 2 is 2.33 bits per heavy atom. The van der Waals surface area contributed by atoms with E-state index in [1.165, 1.54) is 7.11 Å². The Balaban J connectivity index is 1.94. The monoisotopic (exact) mass is 250 g/mol. The molecule has 1 aliphatic rings. The predicted molar refractivity (Wildman–Crippen MR) is 66.2 cm³/mol. The van der Waals surface area contributed by atoms with Crippen LogP contribution >= 0.6 is 0 Å². The zero-order valence-corrected chi connectivity index (χ0v) is 10.7. The summed E-state index contributed by atoms with van der Waals surface area (Å²) >= 11 is 0. The standard InChI is InChI=1S/C13H18N2O3/c1-17-11-7-9(5-6-14-11)8-15-12(10-3-4-10)13(16)18-2/h5-7,10,12,15H,3-4,8H2,1-2H3. The highest BCUT2D eigenvalue weighted by atomic mass is 16.5. The third-order valence-electron chi connectivity index (χ3n) is 3.08. The van der Waals surface area contributed by atoms with Crippen LogP contribution in [0.1, 0.15) is 18.4 Å². The average molecular weight is 250 g/mol. The Bertz CT molecular complexity index is 418. The summed E-state index contributed by atoms with van der Waals surface area (Å²) in [7, 11) is 3.01. The molecule has 5 heteroatoms. The lowest BCUT2D eigenvalue weighted by molar-refractivity contribution is -0.143. The summed E-state index contributed by atoms with van der Waals surface area (Å²) in [5.74, 6) is 0.815. The maximum Gasteiger partial charge on any atom is 0.323 e. The fourth-order valence-corrected chi connectivity index (χ4v) is 1.90. The van der Waals surface area contributed by atoms with Crippen molar-refractivity contribution in [1.29, 1.82) is 0 Å². The number of nitrogens with zero attached hydrogens (tertiary/aromatic N) is 1. The molecule has 1 aromatic rings. The van der Waals surface area contributed by atoms with Crippen LogP contribution in [0.25, 0.3) is 0 Å². The number of esters is 1. The van der Waals surface area contributed by atoms with Gasteiger partial charge in [0.1, 0.15) is 6.04 Å². The quantitative estimate of drug-likeness (QED) is 0.767. The first-order valence-electron chi connectivity index (χ1n) is 6.04. The van der Waals surface area contributed by atoms with Crippen molar-refractivity contribution < 1.29 is 14.3 Å². The lowest BCUT2D eigenvalue weighted by Gasteiger charge is -2.15. The van der Waals surface area contributed by atoms with Gasteiger partial charge in [0.25, 0.3) is 0 Å². The number of pyridine rings is 1. The molecule has 0 aromatic carbocycles. The van der Waals surface area contributed by atoms with E-state index in [9.17, 15) is 4.79 Å². The third-order valence-corrected chi connectivity index (χ3v) is 3.08. The molecule has 18 heavy (non-hydrogen) atoms. The molecular formula is C13H18N2O3. The highest BCUT2D eigenvalue weighted by molar-refractivity contribution is 5.76. The molecule has 98 valence electrons. The van der Waals surface area contributed by atoms with Crippen LogP contribution in [-0.4, -0.2) is 31.2 Å². The summed E-state index contributed by atoms with van der Waals surface area (Å²) in [6.07, 6.45) is 3.87. The molecule has 2 rings (SSSR count). The maximum absolute atomic E-state index is 11.6. The minimum atomic E-state index is -0.200. The lowest BCUT2D eigenvalue weighted by Crippen LogP contribution is -2.39. The largest absolute Gasteiger partial charge is 0.481 e. The van der Waals surface area contributed by atoms with E-state index in [0.29, 0.717) is 18.3 Å². The predicted octanol–water partition coefficient (Wildman–Crippen LogP) is 1.13. The number of nitrogens with one attached hydrogen (secondary N) is 1. The van der Waals surface area contributed by atoms with E-state index >= 15 is 0 Å². The first-order valence-corrected chi connectivity index (χ1v) is 6.04. The molecule has 0 aliphatic heterocycles. The van der Waals surface area contributed by atoms with E-state index in [1.54, 1.807) is 13.3 Å². The fourth-order valence-electron chi connectivity index (χ4n) is 1.90. The molecule has 1 heterocycles. The molecule has 1 unspecified atom stereocenters. The summed E-state index contributed by atoms with van der Waals surface area (Å²) in [6, 6.07) is 3.56. The van der Waals surface area contributed by atoms with Crippen molar-refractivity contribution in [3.8, 4) is 5.88 Å². The first kappa shape index (κ1) is 12.8. The summed E-state index contributed by atoms with van der Waals surface area (Å²) < 4.78 is 9.87. The Labute approximate surface area is 107 Å². The molecule has 1 aromatic heterocycles. The van der Waals surface area contributed by atoms with Crippen LogP contribution < -0.4 is 10.1 Å². The van der Waals surface area contributed by atoms with Gasteiger partial charge in [0.15, 0.2) is 0 Å². The molecule has 1 atom stereocenters. The third kappa shape index (κ3) is 3.20. The molecule has 1 saturated carbocycles. The summed E-state index contributed by atoms with van der Waals surface area (Å²) in [5, 5.41) is 3.24. The Morgan fingerprint density at radius 3 is 2.94 bits per heavy atom. The molecule has 0 bridgehead atoms. The van der Waals surface area contributed by atoms with Gasteiger partial charge in [-0.1, -0.05) is 0 Å². The van der Waals surface area contributed by atoms with Gasteiger partial charge in [-0.3, -0.25) is 4.79 Å². The number of aromatic nitrogens is 1. The smallest absolute Gasteiger partial charge is 0.323 e. The Kier molecular flexibility index (Phi) is 4.15. The first-order chi connectivity index (χ1) is 8.74. The lowest BCUT2D eigenvalue weighted by atomic mass is 10.1. The minimum absolute atomic E-state index is 0.182. The van der Waals surface area contributed by atoms with E-state index in [0.717, 1.165) is 18.4 Å². The van der Waals surface area contributed by atoms with Gasteiger partial charge in [-0.05, 0) is 30.4 Å². The van der Waals surface area contributed by atoms with Crippen molar-refractivity contribution in [2.24, 2.45) is 5.92 Å². The summed E-state index contributed by atoms with van der Waals surface area (Å²) in [5.41, 5.74) is 1.04. The molecular weight excluding hydrogens is 232 g/mol. The van der Waals surface area contributed by atoms with Crippen LogP contribution in [0.3, 0.4) is 0 Å². The van der Waals surface area contributed by atoms with Gasteiger partial charge in [-0.25, -0.2) is 4.98 Å². The van der Waals surface area contributed by atoms with E-state index in [4.69, 9.17) is 9.47 Å². The second-order valence-electron chi connectivity index (χ2n) is 4.43.